The number of alkyl halides is 1. The van der Waals surface area contributed by atoms with E-state index in [1.54, 1.807) is 12.1 Å². The van der Waals surface area contributed by atoms with Crippen LogP contribution in [0, 0.1) is 0 Å². The summed E-state index contributed by atoms with van der Waals surface area (Å²) in [5.74, 6) is 0. The number of hydrogen-bond donors (Lipinski definition) is 1. The number of aliphatic hydroxyl groups is 1. The predicted octanol–water partition coefficient (Wildman–Crippen LogP) is 3.22. The van der Waals surface area contributed by atoms with E-state index in [-0.39, 0.29) is 0 Å². The van der Waals surface area contributed by atoms with E-state index in [0.717, 1.165) is 31.3 Å². The highest BCUT2D eigenvalue weighted by atomic mass is 35.5. The van der Waals surface area contributed by atoms with Crippen molar-refractivity contribution in [2.24, 2.45) is 0 Å². The third kappa shape index (κ3) is 3.22. The third-order valence-electron chi connectivity index (χ3n) is 3.13. The summed E-state index contributed by atoms with van der Waals surface area (Å²) in [6.45, 7) is 0. The van der Waals surface area contributed by atoms with Crippen molar-refractivity contribution in [1.29, 1.82) is 0 Å². The average molecular weight is 285 g/mol. The first-order valence-electron chi connectivity index (χ1n) is 6.17. The second-order valence-electron chi connectivity index (χ2n) is 4.43. The molecule has 0 radical (unpaired) electrons. The van der Waals surface area contributed by atoms with Crippen LogP contribution in [0.3, 0.4) is 0 Å². The Bertz CT molecular complexity index is 444. The molecule has 0 fully saturated rings. The summed E-state index contributed by atoms with van der Waals surface area (Å²) in [5.41, 5.74) is 0.936. The van der Waals surface area contributed by atoms with Crippen molar-refractivity contribution < 1.29 is 9.32 Å². The first-order chi connectivity index (χ1) is 8.70. The minimum atomic E-state index is -1.39. The van der Waals surface area contributed by atoms with Gasteiger partial charge in [-0.1, -0.05) is 24.3 Å². The first-order valence-corrected chi connectivity index (χ1v) is 7.82. The Morgan fingerprint density at radius 1 is 1.22 bits per heavy atom. The van der Waals surface area contributed by atoms with Crippen molar-refractivity contribution in [2.45, 2.75) is 41.4 Å². The maximum absolute atomic E-state index is 12.2. The molecule has 1 aliphatic carbocycles. The molecule has 4 heteroatoms. The van der Waals surface area contributed by atoms with Crippen molar-refractivity contribution in [3.05, 3.63) is 42.0 Å². The number of benzene rings is 1. The van der Waals surface area contributed by atoms with Gasteiger partial charge >= 0.3 is 0 Å². The lowest BCUT2D eigenvalue weighted by Crippen LogP contribution is -2.28. The van der Waals surface area contributed by atoms with Crippen LogP contribution >= 0.6 is 11.6 Å². The molecule has 0 amide bonds. The summed E-state index contributed by atoms with van der Waals surface area (Å²) in [7, 11) is -1.39. The van der Waals surface area contributed by atoms with Crippen LogP contribution in [0.5, 0.6) is 0 Å². The van der Waals surface area contributed by atoms with E-state index in [4.69, 9.17) is 11.6 Å². The van der Waals surface area contributed by atoms with Gasteiger partial charge in [0.25, 0.3) is 0 Å². The van der Waals surface area contributed by atoms with Gasteiger partial charge in [-0.05, 0) is 43.4 Å². The van der Waals surface area contributed by atoms with Crippen LogP contribution in [0.25, 0.3) is 0 Å². The Hall–Kier alpha value is -0.640. The lowest BCUT2D eigenvalue weighted by Gasteiger charge is -2.22. The fourth-order valence-corrected chi connectivity index (χ4v) is 3.67. The van der Waals surface area contributed by atoms with Gasteiger partial charge in [0.05, 0.1) is 10.8 Å². The van der Waals surface area contributed by atoms with E-state index in [1.165, 1.54) is 0 Å². The molecule has 2 rings (SSSR count). The van der Waals surface area contributed by atoms with Crippen LogP contribution in [0.2, 0.25) is 0 Å². The maximum atomic E-state index is 12.2. The SMILES string of the molecule is O=S(c1ccccc1)C(Cl)C(O)C1=CCCCC1. The van der Waals surface area contributed by atoms with Crippen LogP contribution in [0.4, 0.5) is 0 Å². The molecule has 0 aliphatic heterocycles. The number of hydrogen-bond acceptors (Lipinski definition) is 2. The molecule has 0 saturated carbocycles. The molecule has 1 aromatic rings. The van der Waals surface area contributed by atoms with Gasteiger partial charge in [-0.25, -0.2) is 0 Å². The lowest BCUT2D eigenvalue weighted by atomic mass is 9.96. The minimum Gasteiger partial charge on any atom is -0.386 e. The summed E-state index contributed by atoms with van der Waals surface area (Å²) in [6, 6.07) is 9.05. The van der Waals surface area contributed by atoms with E-state index in [0.29, 0.717) is 4.90 Å². The van der Waals surface area contributed by atoms with Gasteiger partial charge in [0.15, 0.2) is 0 Å². The lowest BCUT2D eigenvalue weighted by molar-refractivity contribution is 0.218. The molecular formula is C14H17ClO2S. The van der Waals surface area contributed by atoms with Gasteiger partial charge in [-0.2, -0.15) is 0 Å². The molecule has 3 atom stereocenters. The zero-order valence-electron chi connectivity index (χ0n) is 10.1. The van der Waals surface area contributed by atoms with Gasteiger partial charge in [0, 0.05) is 4.90 Å². The molecule has 0 spiro atoms. The molecule has 98 valence electrons. The number of allylic oxidation sites excluding steroid dienone is 1. The Morgan fingerprint density at radius 2 is 1.94 bits per heavy atom. The Balaban J connectivity index is 2.09. The van der Waals surface area contributed by atoms with Crippen LogP contribution in [-0.2, 0) is 10.8 Å². The van der Waals surface area contributed by atoms with Crippen molar-refractivity contribution >= 4 is 22.4 Å². The molecule has 1 aliphatic rings. The van der Waals surface area contributed by atoms with Crippen LogP contribution in [0.15, 0.2) is 46.9 Å². The zero-order chi connectivity index (χ0) is 13.0. The molecular weight excluding hydrogens is 268 g/mol. The molecule has 1 aromatic carbocycles. The van der Waals surface area contributed by atoms with Crippen molar-refractivity contribution in [2.75, 3.05) is 0 Å². The highest BCUT2D eigenvalue weighted by Crippen LogP contribution is 2.27. The van der Waals surface area contributed by atoms with Crippen LogP contribution < -0.4 is 0 Å². The van der Waals surface area contributed by atoms with Crippen molar-refractivity contribution in [3.8, 4) is 0 Å². The van der Waals surface area contributed by atoms with Gasteiger partial charge < -0.3 is 5.11 Å². The molecule has 0 heterocycles. The van der Waals surface area contributed by atoms with Gasteiger partial charge in [-0.15, -0.1) is 11.6 Å². The summed E-state index contributed by atoms with van der Waals surface area (Å²) >= 11 is 6.16. The predicted molar refractivity (Wildman–Crippen MR) is 75.0 cm³/mol. The van der Waals surface area contributed by atoms with Crippen LogP contribution in [0.1, 0.15) is 25.7 Å². The largest absolute Gasteiger partial charge is 0.386 e. The Kier molecular flexibility index (Phi) is 4.98. The quantitative estimate of drug-likeness (QED) is 0.681. The topological polar surface area (TPSA) is 37.3 Å². The smallest absolute Gasteiger partial charge is 0.143 e. The van der Waals surface area contributed by atoms with Crippen molar-refractivity contribution in [3.63, 3.8) is 0 Å². The average Bonchev–Trinajstić information content (AvgIpc) is 2.47. The zero-order valence-corrected chi connectivity index (χ0v) is 11.7. The molecule has 18 heavy (non-hydrogen) atoms. The number of aliphatic hydroxyl groups excluding tert-OH is 1. The molecule has 3 unspecified atom stereocenters. The van der Waals surface area contributed by atoms with E-state index in [2.05, 4.69) is 0 Å². The minimum absolute atomic E-state index is 0.660. The van der Waals surface area contributed by atoms with E-state index in [9.17, 15) is 9.32 Å². The van der Waals surface area contributed by atoms with E-state index in [1.807, 2.05) is 24.3 Å². The summed E-state index contributed by atoms with van der Waals surface area (Å²) in [6.07, 6.45) is 5.29. The molecule has 0 saturated heterocycles. The number of halogens is 1. The first kappa shape index (κ1) is 13.8. The fourth-order valence-electron chi connectivity index (χ4n) is 2.10. The molecule has 0 bridgehead atoms. The standard InChI is InChI=1S/C14H17ClO2S/c15-14(13(16)11-7-3-1-4-8-11)18(17)12-9-5-2-6-10-12/h2,5-7,9-10,13-14,16H,1,3-4,8H2. The highest BCUT2D eigenvalue weighted by Gasteiger charge is 2.27. The normalized spacial score (nSPS) is 20.9. The number of rotatable bonds is 4. The molecule has 2 nitrogen and oxygen atoms in total. The van der Waals surface area contributed by atoms with Gasteiger partial charge in [-0.3, -0.25) is 4.21 Å². The van der Waals surface area contributed by atoms with E-state index < -0.39 is 21.6 Å². The summed E-state index contributed by atoms with van der Waals surface area (Å²) in [5, 5.41) is 10.2. The fraction of sp³-hybridized carbons (Fsp3) is 0.429. The molecule has 1 N–H and O–H groups in total. The maximum Gasteiger partial charge on any atom is 0.143 e. The van der Waals surface area contributed by atoms with Crippen LogP contribution in [-0.4, -0.2) is 20.1 Å². The monoisotopic (exact) mass is 284 g/mol. The second kappa shape index (κ2) is 6.50. The Labute approximate surface area is 115 Å². The Morgan fingerprint density at radius 3 is 2.56 bits per heavy atom. The van der Waals surface area contributed by atoms with Gasteiger partial charge in [0.1, 0.15) is 10.8 Å². The summed E-state index contributed by atoms with van der Waals surface area (Å²) in [4.78, 5) is 0.660. The molecule has 0 aromatic heterocycles. The van der Waals surface area contributed by atoms with Crippen molar-refractivity contribution in [1.82, 2.24) is 0 Å². The summed E-state index contributed by atoms with van der Waals surface area (Å²) < 4.78 is 11.4. The van der Waals surface area contributed by atoms with E-state index >= 15 is 0 Å². The van der Waals surface area contributed by atoms with Gasteiger partial charge in [0.2, 0.25) is 0 Å². The highest BCUT2D eigenvalue weighted by molar-refractivity contribution is 7.87. The second-order valence-corrected chi connectivity index (χ2v) is 6.73. The third-order valence-corrected chi connectivity index (χ3v) is 5.26.